The minimum Gasteiger partial charge on any atom is -0.480 e. The molecule has 1 aromatic rings. The molecule has 1 aliphatic heterocycles. The molecule has 2 atom stereocenters. The molecule has 7 nitrogen and oxygen atoms in total. The van der Waals surface area contributed by atoms with Gasteiger partial charge in [-0.25, -0.2) is 9.59 Å². The lowest BCUT2D eigenvalue weighted by Crippen LogP contribution is -2.43. The van der Waals surface area contributed by atoms with Gasteiger partial charge in [0.2, 0.25) is 0 Å². The summed E-state index contributed by atoms with van der Waals surface area (Å²) in [7, 11) is 1.51. The third-order valence-corrected chi connectivity index (χ3v) is 3.30. The summed E-state index contributed by atoms with van der Waals surface area (Å²) < 4.78 is 5.14. The van der Waals surface area contributed by atoms with Gasteiger partial charge in [-0.2, -0.15) is 0 Å². The fraction of sp³-hybridized carbons (Fsp3) is 0.462. The lowest BCUT2D eigenvalue weighted by Gasteiger charge is -2.21. The van der Waals surface area contributed by atoms with Gasteiger partial charge in [-0.15, -0.1) is 0 Å². The number of anilines is 1. The van der Waals surface area contributed by atoms with Crippen LogP contribution in [0.1, 0.15) is 12.1 Å². The molecule has 0 bridgehead atoms. The van der Waals surface area contributed by atoms with E-state index in [1.54, 1.807) is 12.1 Å². The van der Waals surface area contributed by atoms with E-state index in [9.17, 15) is 9.59 Å². The van der Waals surface area contributed by atoms with Crippen LogP contribution in [-0.2, 0) is 9.53 Å². The van der Waals surface area contributed by atoms with E-state index in [-0.39, 0.29) is 12.6 Å². The minimum atomic E-state index is -1.03. The number of carbonyl (C=O) groups excluding carboxylic acids is 1. The fourth-order valence-electron chi connectivity index (χ4n) is 2.16. The Labute approximate surface area is 116 Å². The third-order valence-electron chi connectivity index (χ3n) is 3.30. The number of carboxylic acids is 1. The zero-order chi connectivity index (χ0) is 14.7. The van der Waals surface area contributed by atoms with E-state index < -0.39 is 18.0 Å². The zero-order valence-corrected chi connectivity index (χ0v) is 11.4. The topological polar surface area (TPSA) is 91.8 Å². The second-order valence-corrected chi connectivity index (χ2v) is 4.72. The number of methoxy groups -OCH3 is 1. The van der Waals surface area contributed by atoms with Crippen molar-refractivity contribution in [2.24, 2.45) is 0 Å². The quantitative estimate of drug-likeness (QED) is 0.864. The van der Waals surface area contributed by atoms with Crippen molar-refractivity contribution in [2.75, 3.05) is 19.0 Å². The maximum Gasteiger partial charge on any atom is 0.326 e. The molecule has 1 aliphatic rings. The number of aromatic nitrogens is 1. The highest BCUT2D eigenvalue weighted by Crippen LogP contribution is 2.21. The van der Waals surface area contributed by atoms with Gasteiger partial charge in [-0.1, -0.05) is 0 Å². The molecule has 2 heterocycles. The Kier molecular flexibility index (Phi) is 4.19. The highest BCUT2D eigenvalue weighted by atomic mass is 16.5. The molecule has 2 unspecified atom stereocenters. The van der Waals surface area contributed by atoms with Crippen LogP contribution in [0.2, 0.25) is 0 Å². The Morgan fingerprint density at radius 2 is 2.25 bits per heavy atom. The first-order chi connectivity index (χ1) is 9.51. The van der Waals surface area contributed by atoms with Gasteiger partial charge in [0.15, 0.2) is 0 Å². The molecule has 2 rings (SSSR count). The van der Waals surface area contributed by atoms with E-state index >= 15 is 0 Å². The summed E-state index contributed by atoms with van der Waals surface area (Å²) in [5, 5.41) is 11.8. The Hall–Kier alpha value is -2.15. The molecule has 108 valence electrons. The summed E-state index contributed by atoms with van der Waals surface area (Å²) in [4.78, 5) is 28.7. The molecule has 2 amide bonds. The molecule has 2 N–H and O–H groups in total. The lowest BCUT2D eigenvalue weighted by molar-refractivity contribution is -0.141. The first-order valence-corrected chi connectivity index (χ1v) is 6.27. The molecule has 0 radical (unpaired) electrons. The lowest BCUT2D eigenvalue weighted by atomic mass is 10.2. The number of hydrogen-bond acceptors (Lipinski definition) is 4. The number of carboxylic acid groups (broad SMARTS) is 1. The molecular weight excluding hydrogens is 262 g/mol. The summed E-state index contributed by atoms with van der Waals surface area (Å²) in [6.07, 6.45) is 1.58. The molecule has 0 aromatic carbocycles. The van der Waals surface area contributed by atoms with Crippen LogP contribution in [0.3, 0.4) is 0 Å². The Morgan fingerprint density at radius 3 is 2.80 bits per heavy atom. The van der Waals surface area contributed by atoms with Crippen LogP contribution in [-0.4, -0.2) is 52.8 Å². The highest BCUT2D eigenvalue weighted by Gasteiger charge is 2.39. The number of rotatable bonds is 3. The van der Waals surface area contributed by atoms with Crippen molar-refractivity contribution < 1.29 is 19.4 Å². The van der Waals surface area contributed by atoms with Crippen LogP contribution >= 0.6 is 0 Å². The van der Waals surface area contributed by atoms with Gasteiger partial charge in [-0.3, -0.25) is 4.98 Å². The van der Waals surface area contributed by atoms with Crippen molar-refractivity contribution in [1.29, 1.82) is 0 Å². The summed E-state index contributed by atoms with van der Waals surface area (Å²) in [5.74, 6) is -1.03. The van der Waals surface area contributed by atoms with Crippen LogP contribution in [0.15, 0.2) is 18.3 Å². The first kappa shape index (κ1) is 14.3. The second-order valence-electron chi connectivity index (χ2n) is 4.72. The van der Waals surface area contributed by atoms with Crippen molar-refractivity contribution in [2.45, 2.75) is 25.5 Å². The molecule has 0 saturated carbocycles. The predicted molar refractivity (Wildman–Crippen MR) is 71.5 cm³/mol. The number of aliphatic carboxylic acids is 1. The molecule has 0 spiro atoms. The fourth-order valence-corrected chi connectivity index (χ4v) is 2.16. The van der Waals surface area contributed by atoms with Gasteiger partial charge in [0.25, 0.3) is 0 Å². The van der Waals surface area contributed by atoms with Crippen LogP contribution < -0.4 is 5.32 Å². The van der Waals surface area contributed by atoms with Crippen molar-refractivity contribution >= 4 is 17.7 Å². The average molecular weight is 279 g/mol. The van der Waals surface area contributed by atoms with Crippen LogP contribution in [0.5, 0.6) is 0 Å². The number of hydrogen-bond donors (Lipinski definition) is 2. The van der Waals surface area contributed by atoms with Gasteiger partial charge in [0.1, 0.15) is 6.04 Å². The van der Waals surface area contributed by atoms with Crippen molar-refractivity contribution in [3.05, 3.63) is 24.0 Å². The van der Waals surface area contributed by atoms with E-state index in [1.807, 2.05) is 6.92 Å². The van der Waals surface area contributed by atoms with Gasteiger partial charge < -0.3 is 20.1 Å². The summed E-state index contributed by atoms with van der Waals surface area (Å²) in [6.45, 7) is 2.11. The van der Waals surface area contributed by atoms with Crippen LogP contribution in [0.25, 0.3) is 0 Å². The van der Waals surface area contributed by atoms with E-state index in [0.717, 1.165) is 5.69 Å². The predicted octanol–water partition coefficient (Wildman–Crippen LogP) is 1.10. The zero-order valence-electron chi connectivity index (χ0n) is 11.4. The van der Waals surface area contributed by atoms with Crippen LogP contribution in [0.4, 0.5) is 10.5 Å². The molecule has 0 aliphatic carbocycles. The van der Waals surface area contributed by atoms with Gasteiger partial charge in [0, 0.05) is 25.8 Å². The number of aryl methyl sites for hydroxylation is 1. The third kappa shape index (κ3) is 3.05. The first-order valence-electron chi connectivity index (χ1n) is 6.27. The number of amides is 2. The summed E-state index contributed by atoms with van der Waals surface area (Å²) in [6, 6.07) is 2.17. The Morgan fingerprint density at radius 1 is 1.50 bits per heavy atom. The maximum absolute atomic E-state index is 12.1. The summed E-state index contributed by atoms with van der Waals surface area (Å²) >= 11 is 0. The Bertz CT molecular complexity index is 503. The second kappa shape index (κ2) is 5.87. The number of carbonyl (C=O) groups is 2. The van der Waals surface area contributed by atoms with E-state index in [2.05, 4.69) is 10.3 Å². The van der Waals surface area contributed by atoms with Crippen molar-refractivity contribution in [3.63, 3.8) is 0 Å². The highest BCUT2D eigenvalue weighted by molar-refractivity contribution is 5.92. The molecule has 1 saturated heterocycles. The molecule has 20 heavy (non-hydrogen) atoms. The van der Waals surface area contributed by atoms with E-state index in [0.29, 0.717) is 12.1 Å². The molecular formula is C13H17N3O4. The SMILES string of the molecule is COC1CC(C(=O)O)N(C(=O)Nc2ccc(C)nc2)C1. The number of pyridine rings is 1. The monoisotopic (exact) mass is 279 g/mol. The van der Waals surface area contributed by atoms with Crippen LogP contribution in [0, 0.1) is 6.92 Å². The smallest absolute Gasteiger partial charge is 0.326 e. The van der Waals surface area contributed by atoms with E-state index in [1.165, 1.54) is 18.2 Å². The maximum atomic E-state index is 12.1. The minimum absolute atomic E-state index is 0.252. The number of nitrogens with one attached hydrogen (secondary N) is 1. The Balaban J connectivity index is 2.07. The normalized spacial score (nSPS) is 21.8. The average Bonchev–Trinajstić information content (AvgIpc) is 2.86. The molecule has 7 heteroatoms. The molecule has 1 aromatic heterocycles. The van der Waals surface area contributed by atoms with Gasteiger partial charge in [-0.05, 0) is 19.1 Å². The number of urea groups is 1. The van der Waals surface area contributed by atoms with E-state index in [4.69, 9.17) is 9.84 Å². The number of ether oxygens (including phenoxy) is 1. The van der Waals surface area contributed by atoms with Gasteiger partial charge in [0.05, 0.1) is 18.0 Å². The van der Waals surface area contributed by atoms with Crippen molar-refractivity contribution in [1.82, 2.24) is 9.88 Å². The largest absolute Gasteiger partial charge is 0.480 e. The molecule has 1 fully saturated rings. The number of likely N-dealkylation sites (tertiary alicyclic amines) is 1. The standard InChI is InChI=1S/C13H17N3O4/c1-8-3-4-9(6-14-8)15-13(19)16-7-10(20-2)5-11(16)12(17)18/h3-4,6,10-11H,5,7H2,1-2H3,(H,15,19)(H,17,18). The van der Waals surface area contributed by atoms with Gasteiger partial charge >= 0.3 is 12.0 Å². The summed E-state index contributed by atoms with van der Waals surface area (Å²) in [5.41, 5.74) is 1.37. The number of nitrogens with zero attached hydrogens (tertiary/aromatic N) is 2. The van der Waals surface area contributed by atoms with Crippen molar-refractivity contribution in [3.8, 4) is 0 Å².